The maximum Gasteiger partial charge on any atom is 0.210 e. The van der Waals surface area contributed by atoms with Gasteiger partial charge in [0.1, 0.15) is 0 Å². The number of piperazine rings is 1. The van der Waals surface area contributed by atoms with E-state index in [1.807, 2.05) is 0 Å². The molecule has 1 fully saturated rings. The van der Waals surface area contributed by atoms with E-state index in [2.05, 4.69) is 58.7 Å². The van der Waals surface area contributed by atoms with Crippen LogP contribution in [0.1, 0.15) is 17.5 Å². The standard InChI is InChI=1S/C14H18Br2N5.HI/c1-9-11(15)12(16)10-3-2-6-20-14(10)13(9)18-21(20)19-7-4-17-5-8-19;/h17H,2-8H2,1H3;1H/q+1;. The first-order valence-electron chi connectivity index (χ1n) is 7.43. The fraction of sp³-hybridized carbons (Fsp3) is 0.571. The van der Waals surface area contributed by atoms with Gasteiger partial charge in [-0.3, -0.25) is 0 Å². The Morgan fingerprint density at radius 3 is 2.64 bits per heavy atom. The summed E-state index contributed by atoms with van der Waals surface area (Å²) in [5, 5.41) is 10.7. The molecule has 1 aromatic carbocycles. The van der Waals surface area contributed by atoms with Crippen molar-refractivity contribution in [2.24, 2.45) is 0 Å². The van der Waals surface area contributed by atoms with Gasteiger partial charge in [0.15, 0.2) is 5.52 Å². The topological polar surface area (TPSA) is 37.0 Å². The molecule has 22 heavy (non-hydrogen) atoms. The first kappa shape index (κ1) is 16.9. The molecule has 0 bridgehead atoms. The highest BCUT2D eigenvalue weighted by Crippen LogP contribution is 2.37. The van der Waals surface area contributed by atoms with Crippen molar-refractivity contribution in [3.63, 3.8) is 0 Å². The number of halogens is 3. The molecular weight excluding hydrogens is 525 g/mol. The van der Waals surface area contributed by atoms with Crippen LogP contribution in [0.25, 0.3) is 11.0 Å². The van der Waals surface area contributed by atoms with Crippen LogP contribution in [0.5, 0.6) is 0 Å². The second kappa shape index (κ2) is 6.52. The summed E-state index contributed by atoms with van der Waals surface area (Å²) in [5.41, 5.74) is 5.02. The van der Waals surface area contributed by atoms with Crippen LogP contribution in [0.3, 0.4) is 0 Å². The van der Waals surface area contributed by atoms with Crippen LogP contribution in [0.4, 0.5) is 0 Å². The van der Waals surface area contributed by atoms with Gasteiger partial charge in [-0.1, -0.05) is 0 Å². The highest BCUT2D eigenvalue weighted by atomic mass is 127. The van der Waals surface area contributed by atoms with E-state index in [4.69, 9.17) is 5.10 Å². The molecule has 1 N–H and O–H groups in total. The van der Waals surface area contributed by atoms with Crippen molar-refractivity contribution in [1.29, 1.82) is 0 Å². The average molecular weight is 544 g/mol. The minimum absolute atomic E-state index is 0. The Kier molecular flexibility index (Phi) is 5.01. The van der Waals surface area contributed by atoms with Gasteiger partial charge >= 0.3 is 0 Å². The molecule has 4 rings (SSSR count). The number of aryl methyl sites for hydroxylation is 3. The first-order valence-corrected chi connectivity index (χ1v) is 9.02. The highest BCUT2D eigenvalue weighted by molar-refractivity contribution is 14.0. The molecule has 2 aromatic rings. The summed E-state index contributed by atoms with van der Waals surface area (Å²) >= 11 is 7.48. The molecule has 0 atom stereocenters. The predicted molar refractivity (Wildman–Crippen MR) is 105 cm³/mol. The Morgan fingerprint density at radius 1 is 1.18 bits per heavy atom. The van der Waals surface area contributed by atoms with Gasteiger partial charge in [-0.25, -0.2) is 0 Å². The van der Waals surface area contributed by atoms with Crippen molar-refractivity contribution in [3.8, 4) is 0 Å². The lowest BCUT2D eigenvalue weighted by atomic mass is 10.0. The van der Waals surface area contributed by atoms with E-state index in [0.717, 1.165) is 49.1 Å². The molecule has 0 amide bonds. The predicted octanol–water partition coefficient (Wildman–Crippen LogP) is 2.26. The quantitative estimate of drug-likeness (QED) is 0.443. The normalized spacial score (nSPS) is 17.7. The molecule has 0 unspecified atom stereocenters. The van der Waals surface area contributed by atoms with Crippen molar-refractivity contribution in [3.05, 3.63) is 20.1 Å². The maximum absolute atomic E-state index is 4.94. The van der Waals surface area contributed by atoms with Crippen molar-refractivity contribution in [2.45, 2.75) is 26.3 Å². The summed E-state index contributed by atoms with van der Waals surface area (Å²) < 4.78 is 4.69. The molecule has 3 heterocycles. The minimum atomic E-state index is 0. The van der Waals surface area contributed by atoms with E-state index in [1.54, 1.807) is 0 Å². The fourth-order valence-electron chi connectivity index (χ4n) is 3.34. The van der Waals surface area contributed by atoms with Gasteiger partial charge in [0.2, 0.25) is 5.52 Å². The Bertz CT molecular complexity index is 724. The number of hydrogen-bond acceptors (Lipinski definition) is 3. The van der Waals surface area contributed by atoms with Crippen molar-refractivity contribution in [1.82, 2.24) is 15.3 Å². The Hall–Kier alpha value is 0.0700. The van der Waals surface area contributed by atoms with E-state index in [-0.39, 0.29) is 24.0 Å². The number of benzene rings is 1. The second-order valence-electron chi connectivity index (χ2n) is 5.73. The molecule has 1 saturated heterocycles. The van der Waals surface area contributed by atoms with Crippen LogP contribution >= 0.6 is 55.8 Å². The molecule has 1 aromatic heterocycles. The molecule has 0 aliphatic carbocycles. The zero-order valence-corrected chi connectivity index (χ0v) is 17.9. The van der Waals surface area contributed by atoms with Gasteiger partial charge in [-0.2, -0.15) is 9.69 Å². The van der Waals surface area contributed by atoms with Crippen LogP contribution < -0.4 is 15.0 Å². The van der Waals surface area contributed by atoms with Crippen LogP contribution in [0.2, 0.25) is 0 Å². The van der Waals surface area contributed by atoms with Crippen molar-refractivity contribution in [2.75, 3.05) is 31.2 Å². The Morgan fingerprint density at radius 2 is 1.91 bits per heavy atom. The minimum Gasteiger partial charge on any atom is -0.310 e. The molecule has 0 spiro atoms. The van der Waals surface area contributed by atoms with Gasteiger partial charge in [-0.05, 0) is 51.6 Å². The van der Waals surface area contributed by atoms with Gasteiger partial charge in [0.05, 0.1) is 24.5 Å². The second-order valence-corrected chi connectivity index (χ2v) is 7.31. The molecule has 2 aliphatic heterocycles. The summed E-state index contributed by atoms with van der Waals surface area (Å²) in [6.07, 6.45) is 2.28. The first-order chi connectivity index (χ1) is 10.2. The summed E-state index contributed by atoms with van der Waals surface area (Å²) in [6, 6.07) is 0. The lowest BCUT2D eigenvalue weighted by Crippen LogP contribution is -2.60. The summed E-state index contributed by atoms with van der Waals surface area (Å²) in [7, 11) is 0. The van der Waals surface area contributed by atoms with Gasteiger partial charge in [0, 0.05) is 38.3 Å². The Labute approximate surface area is 163 Å². The van der Waals surface area contributed by atoms with E-state index < -0.39 is 0 Å². The lowest BCUT2D eigenvalue weighted by Gasteiger charge is -2.24. The lowest BCUT2D eigenvalue weighted by molar-refractivity contribution is -0.760. The Balaban J connectivity index is 0.00000144. The smallest absolute Gasteiger partial charge is 0.210 e. The highest BCUT2D eigenvalue weighted by Gasteiger charge is 2.31. The van der Waals surface area contributed by atoms with E-state index in [0.29, 0.717) is 0 Å². The van der Waals surface area contributed by atoms with Crippen LogP contribution in [0.15, 0.2) is 8.95 Å². The largest absolute Gasteiger partial charge is 0.310 e. The van der Waals surface area contributed by atoms with Crippen LogP contribution in [-0.2, 0) is 13.0 Å². The third kappa shape index (κ3) is 2.50. The number of hydrogen-bond donors (Lipinski definition) is 1. The van der Waals surface area contributed by atoms with Crippen LogP contribution in [-0.4, -0.2) is 36.2 Å². The molecule has 5 nitrogen and oxygen atoms in total. The van der Waals surface area contributed by atoms with Crippen molar-refractivity contribution >= 4 is 66.9 Å². The monoisotopic (exact) mass is 542 g/mol. The summed E-state index contributed by atoms with van der Waals surface area (Å²) in [5.74, 6) is 0. The zero-order chi connectivity index (χ0) is 14.6. The van der Waals surface area contributed by atoms with Gasteiger partial charge < -0.3 is 5.32 Å². The van der Waals surface area contributed by atoms with Gasteiger partial charge in [-0.15, -0.1) is 24.0 Å². The number of nitrogens with one attached hydrogen (secondary N) is 1. The SMILES string of the molecule is Cc1c(Br)c(Br)c2c3c1nn(N1CCNCC1)[n+]3CCC2.I. The molecule has 0 saturated carbocycles. The molecule has 0 radical (unpaired) electrons. The van der Waals surface area contributed by atoms with E-state index in [1.165, 1.54) is 27.5 Å². The number of nitrogens with zero attached hydrogens (tertiary/aromatic N) is 4. The maximum atomic E-state index is 4.94. The molecular formula is C14H19Br2IN5+. The van der Waals surface area contributed by atoms with E-state index >= 15 is 0 Å². The van der Waals surface area contributed by atoms with E-state index in [9.17, 15) is 0 Å². The number of aromatic nitrogens is 3. The van der Waals surface area contributed by atoms with Crippen LogP contribution in [0, 0.1) is 6.92 Å². The van der Waals surface area contributed by atoms with Crippen molar-refractivity contribution < 1.29 is 4.68 Å². The zero-order valence-electron chi connectivity index (χ0n) is 12.4. The molecule has 8 heteroatoms. The fourth-order valence-corrected chi connectivity index (χ4v) is 4.45. The van der Waals surface area contributed by atoms with Gasteiger partial charge in [0.25, 0.3) is 0 Å². The summed E-state index contributed by atoms with van der Waals surface area (Å²) in [6.45, 7) is 7.24. The third-order valence-corrected chi connectivity index (χ3v) is 6.86. The molecule has 2 aliphatic rings. The summed E-state index contributed by atoms with van der Waals surface area (Å²) in [4.78, 5) is 2.11. The molecule has 120 valence electrons. The third-order valence-electron chi connectivity index (χ3n) is 4.46. The number of rotatable bonds is 1. The average Bonchev–Trinajstić information content (AvgIpc) is 2.92.